The van der Waals surface area contributed by atoms with E-state index in [-0.39, 0.29) is 18.1 Å². The number of ether oxygens (including phenoxy) is 1. The molecular formula is C13H19NO2. The number of nitrogens with one attached hydrogen (secondary N) is 1. The van der Waals surface area contributed by atoms with Gasteiger partial charge in [0, 0.05) is 6.04 Å². The molecule has 0 spiro atoms. The van der Waals surface area contributed by atoms with Gasteiger partial charge in [0.15, 0.2) is 0 Å². The molecule has 0 aromatic heterocycles. The molecule has 0 saturated heterocycles. The van der Waals surface area contributed by atoms with Crippen LogP contribution in [0.1, 0.15) is 19.4 Å². The molecule has 88 valence electrons. The van der Waals surface area contributed by atoms with Crippen LogP contribution >= 0.6 is 0 Å². The zero-order valence-electron chi connectivity index (χ0n) is 10.1. The molecule has 1 aromatic carbocycles. The zero-order chi connectivity index (χ0) is 12.0. The van der Waals surface area contributed by atoms with Gasteiger partial charge in [0.05, 0.1) is 7.11 Å². The summed E-state index contributed by atoms with van der Waals surface area (Å²) in [5, 5.41) is 3.20. The van der Waals surface area contributed by atoms with Crippen LogP contribution in [0.3, 0.4) is 0 Å². The van der Waals surface area contributed by atoms with Crippen molar-refractivity contribution in [2.24, 2.45) is 0 Å². The second kappa shape index (κ2) is 6.28. The van der Waals surface area contributed by atoms with Crippen molar-refractivity contribution in [2.75, 3.05) is 7.11 Å². The number of esters is 1. The first-order valence-corrected chi connectivity index (χ1v) is 5.51. The Bertz CT molecular complexity index is 322. The molecule has 0 aliphatic heterocycles. The Morgan fingerprint density at radius 3 is 2.44 bits per heavy atom. The first kappa shape index (κ1) is 12.7. The smallest absolute Gasteiger partial charge is 0.323 e. The van der Waals surface area contributed by atoms with E-state index >= 15 is 0 Å². The SMILES string of the molecule is COC(=O)C(Cc1ccccc1)NC(C)C. The van der Waals surface area contributed by atoms with E-state index in [1.165, 1.54) is 7.11 Å². The van der Waals surface area contributed by atoms with E-state index in [9.17, 15) is 4.79 Å². The summed E-state index contributed by atoms with van der Waals surface area (Å²) >= 11 is 0. The van der Waals surface area contributed by atoms with Crippen molar-refractivity contribution < 1.29 is 9.53 Å². The maximum absolute atomic E-state index is 11.6. The lowest BCUT2D eigenvalue weighted by Gasteiger charge is -2.18. The van der Waals surface area contributed by atoms with Crippen molar-refractivity contribution in [1.82, 2.24) is 5.32 Å². The van der Waals surface area contributed by atoms with Crippen LogP contribution in [0.4, 0.5) is 0 Å². The van der Waals surface area contributed by atoms with Crippen LogP contribution in [0.2, 0.25) is 0 Å². The molecule has 1 rings (SSSR count). The predicted molar refractivity (Wildman–Crippen MR) is 64.2 cm³/mol. The number of carbonyl (C=O) groups is 1. The summed E-state index contributed by atoms with van der Waals surface area (Å²) in [6.45, 7) is 4.03. The molecule has 3 nitrogen and oxygen atoms in total. The number of hydrogen-bond acceptors (Lipinski definition) is 3. The van der Waals surface area contributed by atoms with E-state index in [0.29, 0.717) is 6.42 Å². The largest absolute Gasteiger partial charge is 0.468 e. The Labute approximate surface area is 96.8 Å². The highest BCUT2D eigenvalue weighted by Gasteiger charge is 2.19. The van der Waals surface area contributed by atoms with Crippen molar-refractivity contribution in [1.29, 1.82) is 0 Å². The summed E-state index contributed by atoms with van der Waals surface area (Å²) in [6.07, 6.45) is 0.658. The lowest BCUT2D eigenvalue weighted by atomic mass is 10.1. The molecule has 0 bridgehead atoms. The lowest BCUT2D eigenvalue weighted by molar-refractivity contribution is -0.143. The van der Waals surface area contributed by atoms with E-state index in [2.05, 4.69) is 5.32 Å². The minimum atomic E-state index is -0.271. The van der Waals surface area contributed by atoms with Gasteiger partial charge in [-0.2, -0.15) is 0 Å². The molecule has 1 atom stereocenters. The molecular weight excluding hydrogens is 202 g/mol. The van der Waals surface area contributed by atoms with E-state index in [0.717, 1.165) is 5.56 Å². The molecule has 0 amide bonds. The Hall–Kier alpha value is -1.35. The summed E-state index contributed by atoms with van der Waals surface area (Å²) in [7, 11) is 1.42. The van der Waals surface area contributed by atoms with Gasteiger partial charge < -0.3 is 10.1 Å². The van der Waals surface area contributed by atoms with Gasteiger partial charge in [-0.25, -0.2) is 0 Å². The quantitative estimate of drug-likeness (QED) is 0.770. The normalized spacial score (nSPS) is 12.5. The van der Waals surface area contributed by atoms with E-state index in [1.807, 2.05) is 44.2 Å². The van der Waals surface area contributed by atoms with Gasteiger partial charge in [-0.1, -0.05) is 44.2 Å². The predicted octanol–water partition coefficient (Wildman–Crippen LogP) is 1.77. The van der Waals surface area contributed by atoms with Crippen LogP contribution in [0.15, 0.2) is 30.3 Å². The number of methoxy groups -OCH3 is 1. The summed E-state index contributed by atoms with van der Waals surface area (Å²) < 4.78 is 4.78. The lowest BCUT2D eigenvalue weighted by Crippen LogP contribution is -2.43. The molecule has 0 saturated carbocycles. The Morgan fingerprint density at radius 1 is 1.31 bits per heavy atom. The highest BCUT2D eigenvalue weighted by molar-refractivity contribution is 5.76. The first-order valence-electron chi connectivity index (χ1n) is 5.51. The molecule has 16 heavy (non-hydrogen) atoms. The Morgan fingerprint density at radius 2 is 1.94 bits per heavy atom. The van der Waals surface area contributed by atoms with Gasteiger partial charge >= 0.3 is 5.97 Å². The molecule has 0 aliphatic rings. The minimum Gasteiger partial charge on any atom is -0.468 e. The average molecular weight is 221 g/mol. The van der Waals surface area contributed by atoms with Crippen LogP contribution in [0.25, 0.3) is 0 Å². The third kappa shape index (κ3) is 4.03. The van der Waals surface area contributed by atoms with E-state index in [4.69, 9.17) is 4.74 Å². The fourth-order valence-corrected chi connectivity index (χ4v) is 1.60. The third-order valence-electron chi connectivity index (χ3n) is 2.30. The Balaban J connectivity index is 2.67. The van der Waals surface area contributed by atoms with Crippen molar-refractivity contribution in [3.05, 3.63) is 35.9 Å². The number of benzene rings is 1. The van der Waals surface area contributed by atoms with Crippen LogP contribution < -0.4 is 5.32 Å². The second-order valence-corrected chi connectivity index (χ2v) is 4.09. The van der Waals surface area contributed by atoms with Crippen LogP contribution in [-0.2, 0) is 16.0 Å². The topological polar surface area (TPSA) is 38.3 Å². The maximum atomic E-state index is 11.6. The van der Waals surface area contributed by atoms with Gasteiger partial charge in [0.1, 0.15) is 6.04 Å². The van der Waals surface area contributed by atoms with Crippen molar-refractivity contribution in [3.63, 3.8) is 0 Å². The third-order valence-corrected chi connectivity index (χ3v) is 2.30. The van der Waals surface area contributed by atoms with Gasteiger partial charge in [-0.3, -0.25) is 4.79 Å². The van der Waals surface area contributed by atoms with Gasteiger partial charge in [-0.15, -0.1) is 0 Å². The second-order valence-electron chi connectivity index (χ2n) is 4.09. The van der Waals surface area contributed by atoms with Gasteiger partial charge in [0.25, 0.3) is 0 Å². The monoisotopic (exact) mass is 221 g/mol. The van der Waals surface area contributed by atoms with Gasteiger partial charge in [0.2, 0.25) is 0 Å². The molecule has 0 radical (unpaired) electrons. The van der Waals surface area contributed by atoms with Crippen LogP contribution in [0, 0.1) is 0 Å². The number of hydrogen-bond donors (Lipinski definition) is 1. The molecule has 3 heteroatoms. The fourth-order valence-electron chi connectivity index (χ4n) is 1.60. The fraction of sp³-hybridized carbons (Fsp3) is 0.462. The molecule has 0 heterocycles. The van der Waals surface area contributed by atoms with Gasteiger partial charge in [-0.05, 0) is 12.0 Å². The highest BCUT2D eigenvalue weighted by atomic mass is 16.5. The van der Waals surface area contributed by atoms with Crippen molar-refractivity contribution in [2.45, 2.75) is 32.4 Å². The standard InChI is InChI=1S/C13H19NO2/c1-10(2)14-12(13(15)16-3)9-11-7-5-4-6-8-11/h4-8,10,12,14H,9H2,1-3H3. The Kier molecular flexibility index (Phi) is 4.99. The van der Waals surface area contributed by atoms with E-state index in [1.54, 1.807) is 0 Å². The first-order chi connectivity index (χ1) is 7.63. The van der Waals surface area contributed by atoms with E-state index < -0.39 is 0 Å². The summed E-state index contributed by atoms with van der Waals surface area (Å²) in [6, 6.07) is 9.92. The molecule has 0 fully saturated rings. The molecule has 1 aromatic rings. The average Bonchev–Trinajstić information content (AvgIpc) is 2.28. The highest BCUT2D eigenvalue weighted by Crippen LogP contribution is 2.05. The van der Waals surface area contributed by atoms with Crippen LogP contribution in [0.5, 0.6) is 0 Å². The minimum absolute atomic E-state index is 0.211. The summed E-state index contributed by atoms with van der Waals surface area (Å²) in [4.78, 5) is 11.6. The summed E-state index contributed by atoms with van der Waals surface area (Å²) in [5.74, 6) is -0.211. The zero-order valence-corrected chi connectivity index (χ0v) is 10.1. The maximum Gasteiger partial charge on any atom is 0.323 e. The number of carbonyl (C=O) groups excluding carboxylic acids is 1. The molecule has 0 aliphatic carbocycles. The molecule has 1 N–H and O–H groups in total. The van der Waals surface area contributed by atoms with Crippen molar-refractivity contribution in [3.8, 4) is 0 Å². The van der Waals surface area contributed by atoms with Crippen LogP contribution in [-0.4, -0.2) is 25.2 Å². The summed E-state index contributed by atoms with van der Waals surface area (Å²) in [5.41, 5.74) is 1.13. The van der Waals surface area contributed by atoms with Crippen molar-refractivity contribution >= 4 is 5.97 Å². The molecule has 1 unspecified atom stereocenters. The number of rotatable bonds is 5.